The lowest BCUT2D eigenvalue weighted by molar-refractivity contribution is 0.417. The molecule has 0 saturated heterocycles. The molecule has 0 bridgehead atoms. The van der Waals surface area contributed by atoms with Crippen molar-refractivity contribution < 1.29 is 8.42 Å². The molecule has 0 atom stereocenters. The van der Waals surface area contributed by atoms with Crippen LogP contribution in [0.15, 0.2) is 29.2 Å². The van der Waals surface area contributed by atoms with Gasteiger partial charge in [0.15, 0.2) is 0 Å². The molecule has 0 aromatic heterocycles. The maximum absolute atomic E-state index is 12.2. The second-order valence-corrected chi connectivity index (χ2v) is 6.70. The summed E-state index contributed by atoms with van der Waals surface area (Å²) < 4.78 is 25.8. The first-order chi connectivity index (χ1) is 8.37. The molecule has 0 radical (unpaired) electrons. The van der Waals surface area contributed by atoms with E-state index in [1.54, 1.807) is 31.3 Å². The highest BCUT2D eigenvalue weighted by molar-refractivity contribution is 7.89. The van der Waals surface area contributed by atoms with E-state index in [9.17, 15) is 8.42 Å². The Morgan fingerprint density at radius 3 is 2.28 bits per heavy atom. The van der Waals surface area contributed by atoms with Crippen LogP contribution in [0.1, 0.15) is 19.4 Å². The predicted octanol–water partition coefficient (Wildman–Crippen LogP) is 2.03. The Labute approximate surface area is 109 Å². The van der Waals surface area contributed by atoms with Gasteiger partial charge < -0.3 is 0 Å². The third-order valence-corrected chi connectivity index (χ3v) is 4.37. The number of rotatable bonds is 5. The van der Waals surface area contributed by atoms with Crippen LogP contribution in [0.25, 0.3) is 0 Å². The second-order valence-electron chi connectivity index (χ2n) is 4.66. The van der Waals surface area contributed by atoms with Crippen LogP contribution in [0.4, 0.5) is 0 Å². The highest BCUT2D eigenvalue weighted by atomic mass is 32.2. The molecule has 0 N–H and O–H groups in total. The van der Waals surface area contributed by atoms with Crippen molar-refractivity contribution in [2.45, 2.75) is 25.2 Å². The van der Waals surface area contributed by atoms with Crippen molar-refractivity contribution in [2.75, 3.05) is 13.6 Å². The summed E-state index contributed by atoms with van der Waals surface area (Å²) in [6.07, 6.45) is 0.294. The summed E-state index contributed by atoms with van der Waals surface area (Å²) in [6, 6.07) is 8.50. The Kier molecular flexibility index (Phi) is 4.88. The van der Waals surface area contributed by atoms with Crippen molar-refractivity contribution in [3.05, 3.63) is 29.8 Å². The lowest BCUT2D eigenvalue weighted by Crippen LogP contribution is -2.30. The molecular weight excluding hydrogens is 248 g/mol. The topological polar surface area (TPSA) is 61.2 Å². The number of benzene rings is 1. The van der Waals surface area contributed by atoms with Gasteiger partial charge in [0, 0.05) is 13.6 Å². The lowest BCUT2D eigenvalue weighted by atomic mass is 10.2. The SMILES string of the molecule is CC(C)CN(C)S(=O)(=O)c1ccc(CC#N)cc1. The smallest absolute Gasteiger partial charge is 0.207 e. The Balaban J connectivity index is 2.95. The van der Waals surface area contributed by atoms with E-state index < -0.39 is 10.0 Å². The van der Waals surface area contributed by atoms with Crippen LogP contribution < -0.4 is 0 Å². The molecule has 0 aliphatic rings. The first-order valence-corrected chi connectivity index (χ1v) is 7.24. The standard InChI is InChI=1S/C13H18N2O2S/c1-11(2)10-15(3)18(16,17)13-6-4-12(5-7-13)8-9-14/h4-7,11H,8,10H2,1-3H3. The Hall–Kier alpha value is -1.38. The van der Waals surface area contributed by atoms with Crippen LogP contribution in [0.5, 0.6) is 0 Å². The van der Waals surface area contributed by atoms with Gasteiger partial charge in [0.25, 0.3) is 0 Å². The molecule has 1 aromatic rings. The number of sulfonamides is 1. The largest absolute Gasteiger partial charge is 0.242 e. The number of nitrogens with zero attached hydrogens (tertiary/aromatic N) is 2. The number of hydrogen-bond acceptors (Lipinski definition) is 3. The van der Waals surface area contributed by atoms with Gasteiger partial charge in [0.1, 0.15) is 0 Å². The van der Waals surface area contributed by atoms with Crippen molar-refractivity contribution in [3.63, 3.8) is 0 Å². The summed E-state index contributed by atoms with van der Waals surface area (Å²) in [5.74, 6) is 0.280. The van der Waals surface area contributed by atoms with Gasteiger partial charge in [-0.15, -0.1) is 0 Å². The Morgan fingerprint density at radius 1 is 1.28 bits per heavy atom. The van der Waals surface area contributed by atoms with Crippen molar-refractivity contribution in [3.8, 4) is 6.07 Å². The van der Waals surface area contributed by atoms with Gasteiger partial charge in [0.05, 0.1) is 17.4 Å². The predicted molar refractivity (Wildman–Crippen MR) is 70.4 cm³/mol. The summed E-state index contributed by atoms with van der Waals surface area (Å²) in [7, 11) is -1.83. The van der Waals surface area contributed by atoms with E-state index in [4.69, 9.17) is 5.26 Å². The zero-order chi connectivity index (χ0) is 13.8. The first kappa shape index (κ1) is 14.7. The second kappa shape index (κ2) is 5.98. The van der Waals surface area contributed by atoms with Gasteiger partial charge in [0.2, 0.25) is 10.0 Å². The first-order valence-electron chi connectivity index (χ1n) is 5.80. The molecule has 0 aliphatic heterocycles. The van der Waals surface area contributed by atoms with Crippen molar-refractivity contribution in [2.24, 2.45) is 5.92 Å². The molecule has 5 heteroatoms. The minimum atomic E-state index is -3.42. The van der Waals surface area contributed by atoms with Crippen LogP contribution in [-0.4, -0.2) is 26.3 Å². The van der Waals surface area contributed by atoms with Crippen molar-refractivity contribution >= 4 is 10.0 Å². The maximum Gasteiger partial charge on any atom is 0.242 e. The summed E-state index contributed by atoms with van der Waals surface area (Å²) in [5.41, 5.74) is 0.822. The summed E-state index contributed by atoms with van der Waals surface area (Å²) in [6.45, 7) is 4.44. The van der Waals surface area contributed by atoms with Gasteiger partial charge in [-0.25, -0.2) is 12.7 Å². The van der Waals surface area contributed by atoms with Gasteiger partial charge >= 0.3 is 0 Å². The zero-order valence-corrected chi connectivity index (χ0v) is 11.7. The molecule has 1 aromatic carbocycles. The van der Waals surface area contributed by atoms with Gasteiger partial charge in [-0.2, -0.15) is 5.26 Å². The minimum absolute atomic E-state index is 0.271. The van der Waals surface area contributed by atoms with Gasteiger partial charge in [-0.05, 0) is 23.6 Å². The lowest BCUT2D eigenvalue weighted by Gasteiger charge is -2.19. The van der Waals surface area contributed by atoms with Crippen LogP contribution in [0, 0.1) is 17.2 Å². The zero-order valence-electron chi connectivity index (χ0n) is 10.9. The van der Waals surface area contributed by atoms with E-state index in [1.807, 2.05) is 19.9 Å². The van der Waals surface area contributed by atoms with E-state index in [2.05, 4.69) is 0 Å². The van der Waals surface area contributed by atoms with Crippen molar-refractivity contribution in [1.29, 1.82) is 5.26 Å². The van der Waals surface area contributed by atoms with Gasteiger partial charge in [-0.1, -0.05) is 26.0 Å². The summed E-state index contributed by atoms with van der Waals surface area (Å²) >= 11 is 0. The van der Waals surface area contributed by atoms with Crippen molar-refractivity contribution in [1.82, 2.24) is 4.31 Å². The number of nitriles is 1. The average Bonchev–Trinajstić information content (AvgIpc) is 2.29. The third-order valence-electron chi connectivity index (χ3n) is 2.54. The molecule has 1 rings (SSSR count). The maximum atomic E-state index is 12.2. The molecule has 4 nitrogen and oxygen atoms in total. The molecule has 0 saturated carbocycles. The molecule has 0 unspecified atom stereocenters. The molecule has 0 heterocycles. The van der Waals surface area contributed by atoms with E-state index >= 15 is 0 Å². The molecule has 0 amide bonds. The van der Waals surface area contributed by atoms with E-state index in [0.29, 0.717) is 13.0 Å². The van der Waals surface area contributed by atoms with E-state index in [-0.39, 0.29) is 10.8 Å². The molecular formula is C13H18N2O2S. The highest BCUT2D eigenvalue weighted by Gasteiger charge is 2.20. The average molecular weight is 266 g/mol. The van der Waals surface area contributed by atoms with E-state index in [0.717, 1.165) is 5.56 Å². The highest BCUT2D eigenvalue weighted by Crippen LogP contribution is 2.16. The number of hydrogen-bond donors (Lipinski definition) is 0. The van der Waals surface area contributed by atoms with Crippen LogP contribution in [-0.2, 0) is 16.4 Å². The quantitative estimate of drug-likeness (QED) is 0.819. The molecule has 98 valence electrons. The minimum Gasteiger partial charge on any atom is -0.207 e. The molecule has 0 fully saturated rings. The van der Waals surface area contributed by atoms with Crippen LogP contribution in [0.2, 0.25) is 0 Å². The van der Waals surface area contributed by atoms with E-state index in [1.165, 1.54) is 4.31 Å². The fourth-order valence-corrected chi connectivity index (χ4v) is 3.00. The normalized spacial score (nSPS) is 11.8. The Bertz CT molecular complexity index is 527. The summed E-state index contributed by atoms with van der Waals surface area (Å²) in [4.78, 5) is 0.271. The van der Waals surface area contributed by atoms with Crippen LogP contribution >= 0.6 is 0 Å². The summed E-state index contributed by atoms with van der Waals surface area (Å²) in [5, 5.41) is 8.56. The monoisotopic (exact) mass is 266 g/mol. The fraction of sp³-hybridized carbons (Fsp3) is 0.462. The van der Waals surface area contributed by atoms with Crippen LogP contribution in [0.3, 0.4) is 0 Å². The molecule has 18 heavy (non-hydrogen) atoms. The van der Waals surface area contributed by atoms with Gasteiger partial charge in [-0.3, -0.25) is 0 Å². The Morgan fingerprint density at radius 2 is 1.83 bits per heavy atom. The molecule has 0 aliphatic carbocycles. The molecule has 0 spiro atoms. The fourth-order valence-electron chi connectivity index (χ4n) is 1.66. The third kappa shape index (κ3) is 3.56.